The SMILES string of the molecule is CCC(=O)OCOC(=O)CCC(=O)NC(CNC(=O)C(C)(Cc1c[nH]c2ccccc12)NC(=O)OC1C2CC3CC(C2)CC1C3)c1ccccc1. The number of nitrogens with one attached hydrogen (secondary N) is 4. The van der Waals surface area contributed by atoms with Crippen molar-refractivity contribution in [2.75, 3.05) is 13.3 Å². The molecule has 51 heavy (non-hydrogen) atoms. The maximum absolute atomic E-state index is 14.2. The largest absolute Gasteiger partial charge is 0.446 e. The molecule has 0 aliphatic heterocycles. The van der Waals surface area contributed by atoms with Crippen molar-refractivity contribution in [1.29, 1.82) is 0 Å². The molecule has 272 valence electrons. The van der Waals surface area contributed by atoms with Crippen molar-refractivity contribution in [3.63, 3.8) is 0 Å². The van der Waals surface area contributed by atoms with E-state index in [1.807, 2.05) is 60.8 Å². The van der Waals surface area contributed by atoms with Crippen molar-refractivity contribution in [2.24, 2.45) is 23.7 Å². The van der Waals surface area contributed by atoms with Crippen molar-refractivity contribution in [2.45, 2.75) is 89.3 Å². The summed E-state index contributed by atoms with van der Waals surface area (Å²) >= 11 is 0. The third-order valence-electron chi connectivity index (χ3n) is 10.8. The number of ether oxygens (including phenoxy) is 3. The summed E-state index contributed by atoms with van der Waals surface area (Å²) in [5.41, 5.74) is 1.13. The van der Waals surface area contributed by atoms with Crippen molar-refractivity contribution in [1.82, 2.24) is 20.9 Å². The number of aromatic amines is 1. The third-order valence-corrected chi connectivity index (χ3v) is 10.8. The first-order chi connectivity index (χ1) is 24.6. The number of benzene rings is 2. The molecule has 3 amide bonds. The number of rotatable bonds is 15. The van der Waals surface area contributed by atoms with Gasteiger partial charge >= 0.3 is 18.0 Å². The number of hydrogen-bond acceptors (Lipinski definition) is 8. The minimum Gasteiger partial charge on any atom is -0.446 e. The van der Waals surface area contributed by atoms with Crippen LogP contribution in [0.25, 0.3) is 10.9 Å². The Morgan fingerprint density at radius 2 is 1.53 bits per heavy atom. The number of hydrogen-bond donors (Lipinski definition) is 4. The summed E-state index contributed by atoms with van der Waals surface area (Å²) in [6, 6.07) is 16.3. The van der Waals surface area contributed by atoms with Gasteiger partial charge in [-0.25, -0.2) is 4.79 Å². The minimum absolute atomic E-state index is 0.0156. The normalized spacial score (nSPS) is 23.5. The molecule has 2 unspecified atom stereocenters. The summed E-state index contributed by atoms with van der Waals surface area (Å²) in [7, 11) is 0. The van der Waals surface area contributed by atoms with Crippen LogP contribution in [0, 0.1) is 23.7 Å². The Morgan fingerprint density at radius 3 is 2.24 bits per heavy atom. The maximum Gasteiger partial charge on any atom is 0.408 e. The van der Waals surface area contributed by atoms with Crippen LogP contribution in [0.2, 0.25) is 0 Å². The van der Waals surface area contributed by atoms with Crippen LogP contribution in [0.15, 0.2) is 60.8 Å². The number of aromatic nitrogens is 1. The summed E-state index contributed by atoms with van der Waals surface area (Å²) in [5.74, 6) is 0.163. The lowest BCUT2D eigenvalue weighted by molar-refractivity contribution is -0.167. The van der Waals surface area contributed by atoms with Gasteiger partial charge in [0.2, 0.25) is 18.6 Å². The Bertz CT molecular complexity index is 1700. The zero-order valence-corrected chi connectivity index (χ0v) is 29.3. The number of fused-ring (bicyclic) bond motifs is 1. The van der Waals surface area contributed by atoms with E-state index in [0.717, 1.165) is 59.5 Å². The van der Waals surface area contributed by atoms with Crippen LogP contribution in [-0.2, 0) is 39.8 Å². The minimum atomic E-state index is -1.40. The quantitative estimate of drug-likeness (QED) is 0.124. The second-order valence-electron chi connectivity index (χ2n) is 14.5. The van der Waals surface area contributed by atoms with Gasteiger partial charge in [-0.2, -0.15) is 0 Å². The Morgan fingerprint density at radius 1 is 0.863 bits per heavy atom. The number of para-hydroxylation sites is 1. The molecule has 1 heterocycles. The van der Waals surface area contributed by atoms with Crippen molar-refractivity contribution < 1.29 is 38.2 Å². The Kier molecular flexibility index (Phi) is 11.3. The van der Waals surface area contributed by atoms with Gasteiger partial charge in [-0.15, -0.1) is 0 Å². The van der Waals surface area contributed by atoms with Crippen molar-refractivity contribution in [3.8, 4) is 0 Å². The molecule has 2 aromatic carbocycles. The highest BCUT2D eigenvalue weighted by Gasteiger charge is 2.50. The van der Waals surface area contributed by atoms with Crippen molar-refractivity contribution in [3.05, 3.63) is 71.9 Å². The third kappa shape index (κ3) is 8.90. The van der Waals surface area contributed by atoms with Gasteiger partial charge < -0.3 is 35.1 Å². The van der Waals surface area contributed by atoms with Gasteiger partial charge in [0.05, 0.1) is 12.5 Å². The second kappa shape index (κ2) is 16.0. The molecule has 4 aliphatic rings. The summed E-state index contributed by atoms with van der Waals surface area (Å²) in [6.07, 6.45) is 6.75. The number of esters is 2. The van der Waals surface area contributed by atoms with E-state index in [1.54, 1.807) is 13.8 Å². The van der Waals surface area contributed by atoms with E-state index in [4.69, 9.17) is 14.2 Å². The summed E-state index contributed by atoms with van der Waals surface area (Å²) in [4.78, 5) is 67.5. The Labute approximate surface area is 297 Å². The maximum atomic E-state index is 14.2. The van der Waals surface area contributed by atoms with Crippen LogP contribution >= 0.6 is 0 Å². The summed E-state index contributed by atoms with van der Waals surface area (Å²) in [5, 5.41) is 9.80. The predicted molar refractivity (Wildman–Crippen MR) is 188 cm³/mol. The number of H-pyrrole nitrogens is 1. The van der Waals surface area contributed by atoms with Crippen LogP contribution in [0.4, 0.5) is 4.79 Å². The smallest absolute Gasteiger partial charge is 0.408 e. The fourth-order valence-electron chi connectivity index (χ4n) is 8.43. The standard InChI is InChI=1S/C39H48N4O8/c1-3-34(45)49-23-50-35(46)14-13-33(44)42-32(26-9-5-4-6-10-26)22-41-37(47)39(2,20-29-21-40-31-12-8-7-11-30(29)31)43-38(48)51-36-27-16-24-15-25(18-27)19-28(36)17-24/h4-12,21,24-25,27-28,32,36,40H,3,13-20,22-23H2,1-2H3,(H,41,47)(H,42,44)(H,43,48). The molecular formula is C39H48N4O8. The molecule has 12 heteroatoms. The monoisotopic (exact) mass is 700 g/mol. The molecule has 0 spiro atoms. The molecule has 4 bridgehead atoms. The molecule has 12 nitrogen and oxygen atoms in total. The van der Waals surface area contributed by atoms with Gasteiger partial charge in [0.1, 0.15) is 11.6 Å². The van der Waals surface area contributed by atoms with Gasteiger partial charge in [-0.3, -0.25) is 19.2 Å². The van der Waals surface area contributed by atoms with Gasteiger partial charge in [-0.05, 0) is 79.9 Å². The van der Waals surface area contributed by atoms with Crippen molar-refractivity contribution >= 4 is 40.7 Å². The highest BCUT2D eigenvalue weighted by molar-refractivity contribution is 5.91. The number of carbonyl (C=O) groups is 5. The summed E-state index contributed by atoms with van der Waals surface area (Å²) in [6.45, 7) is 2.83. The van der Waals surface area contributed by atoms with Gasteiger partial charge in [0.15, 0.2) is 0 Å². The first kappa shape index (κ1) is 35.9. The topological polar surface area (TPSA) is 165 Å². The Balaban J connectivity index is 1.12. The van der Waals surface area contributed by atoms with Crippen LogP contribution in [0.5, 0.6) is 0 Å². The molecule has 0 saturated heterocycles. The molecule has 4 saturated carbocycles. The highest BCUT2D eigenvalue weighted by Crippen LogP contribution is 2.54. The average molecular weight is 701 g/mol. The van der Waals surface area contributed by atoms with E-state index in [9.17, 15) is 24.0 Å². The van der Waals surface area contributed by atoms with E-state index < -0.39 is 48.2 Å². The van der Waals surface area contributed by atoms with Crippen LogP contribution in [-0.4, -0.2) is 59.8 Å². The molecule has 7 rings (SSSR count). The lowest BCUT2D eigenvalue weighted by Crippen LogP contribution is -2.60. The number of carbonyl (C=O) groups excluding carboxylic acids is 5. The zero-order chi connectivity index (χ0) is 36.0. The van der Waals surface area contributed by atoms with Crippen LogP contribution < -0.4 is 16.0 Å². The molecule has 4 aliphatic carbocycles. The van der Waals surface area contributed by atoms with Gasteiger partial charge in [0, 0.05) is 42.9 Å². The highest BCUT2D eigenvalue weighted by atomic mass is 16.7. The molecule has 3 aromatic rings. The lowest BCUT2D eigenvalue weighted by atomic mass is 9.55. The van der Waals surface area contributed by atoms with E-state index >= 15 is 0 Å². The molecule has 4 fully saturated rings. The number of alkyl carbamates (subject to hydrolysis) is 1. The first-order valence-electron chi connectivity index (χ1n) is 18.1. The second-order valence-corrected chi connectivity index (χ2v) is 14.5. The van der Waals surface area contributed by atoms with E-state index in [2.05, 4.69) is 20.9 Å². The van der Waals surface area contributed by atoms with Crippen LogP contribution in [0.3, 0.4) is 0 Å². The summed E-state index contributed by atoms with van der Waals surface area (Å²) < 4.78 is 15.8. The lowest BCUT2D eigenvalue weighted by Gasteiger charge is -2.53. The predicted octanol–water partition coefficient (Wildman–Crippen LogP) is 5.23. The first-order valence-corrected chi connectivity index (χ1v) is 18.1. The molecule has 0 radical (unpaired) electrons. The van der Waals surface area contributed by atoms with Gasteiger partial charge in [-0.1, -0.05) is 55.5 Å². The number of amides is 3. The average Bonchev–Trinajstić information content (AvgIpc) is 3.52. The molecule has 1 aromatic heterocycles. The van der Waals surface area contributed by atoms with E-state index in [1.165, 1.54) is 6.42 Å². The fourth-order valence-corrected chi connectivity index (χ4v) is 8.43. The van der Waals surface area contributed by atoms with E-state index in [0.29, 0.717) is 11.8 Å². The van der Waals surface area contributed by atoms with Gasteiger partial charge in [0.25, 0.3) is 0 Å². The van der Waals surface area contributed by atoms with E-state index in [-0.39, 0.29) is 38.3 Å². The Hall–Kier alpha value is -4.87. The molecular weight excluding hydrogens is 652 g/mol. The molecule has 4 N–H and O–H groups in total. The van der Waals surface area contributed by atoms with Crippen LogP contribution in [0.1, 0.15) is 82.4 Å². The fraction of sp³-hybridized carbons (Fsp3) is 0.513. The zero-order valence-electron chi connectivity index (χ0n) is 29.3. The molecule has 2 atom stereocenters.